The van der Waals surface area contributed by atoms with Gasteiger partial charge in [0.25, 0.3) is 0 Å². The molecule has 4 heterocycles. The summed E-state index contributed by atoms with van der Waals surface area (Å²) >= 11 is 0. The van der Waals surface area contributed by atoms with E-state index < -0.39 is 0 Å². The molecule has 0 aliphatic heterocycles. The molecule has 4 aromatic heterocycles. The lowest BCUT2D eigenvalue weighted by molar-refractivity contribution is 0.569. The Labute approximate surface area is 311 Å². The first kappa shape index (κ1) is 31.3. The van der Waals surface area contributed by atoms with Gasteiger partial charge in [0.2, 0.25) is 0 Å². The van der Waals surface area contributed by atoms with E-state index in [1.165, 1.54) is 23.9 Å². The third-order valence-electron chi connectivity index (χ3n) is 9.97. The van der Waals surface area contributed by atoms with Crippen LogP contribution in [0.1, 0.15) is 0 Å². The predicted molar refractivity (Wildman–Crippen MR) is 215 cm³/mol. The average Bonchev–Trinajstić information content (AvgIpc) is 4.00. The molecule has 0 unspecified atom stereocenters. The first-order valence-electron chi connectivity index (χ1n) is 17.7. The van der Waals surface area contributed by atoms with Crippen LogP contribution in [0.4, 0.5) is 0 Å². The molecule has 6 heteroatoms. The van der Waals surface area contributed by atoms with Crippen molar-refractivity contribution in [2.75, 3.05) is 0 Å². The lowest BCUT2D eigenvalue weighted by atomic mass is 9.84. The fourth-order valence-corrected chi connectivity index (χ4v) is 7.49. The Morgan fingerprint density at radius 3 is 1.30 bits per heavy atom. The van der Waals surface area contributed by atoms with Crippen LogP contribution < -0.4 is 0 Å². The summed E-state index contributed by atoms with van der Waals surface area (Å²) in [5.41, 5.74) is 12.6. The molecule has 0 amide bonds. The van der Waals surface area contributed by atoms with E-state index in [-0.39, 0.29) is 0 Å². The van der Waals surface area contributed by atoms with Crippen LogP contribution in [0, 0.1) is 0 Å². The van der Waals surface area contributed by atoms with Crippen molar-refractivity contribution in [3.8, 4) is 78.5 Å². The summed E-state index contributed by atoms with van der Waals surface area (Å²) in [5.74, 6) is 1.24. The van der Waals surface area contributed by atoms with E-state index in [1.54, 1.807) is 12.4 Å². The van der Waals surface area contributed by atoms with E-state index in [0.29, 0.717) is 11.5 Å². The number of hydrogen-bond acceptors (Lipinski definition) is 6. The topological polar surface area (TPSA) is 77.8 Å². The lowest BCUT2D eigenvalue weighted by Crippen LogP contribution is -1.94. The van der Waals surface area contributed by atoms with Gasteiger partial charge in [-0.1, -0.05) is 97.1 Å². The normalized spacial score (nSPS) is 11.3. The average molecular weight is 695 g/mol. The summed E-state index contributed by atoms with van der Waals surface area (Å²) < 4.78 is 11.3. The molecule has 0 bridgehead atoms. The Bertz CT molecular complexity index is 2860. The van der Waals surface area contributed by atoms with Crippen molar-refractivity contribution in [1.29, 1.82) is 0 Å². The maximum absolute atomic E-state index is 5.68. The Morgan fingerprint density at radius 2 is 0.796 bits per heavy atom. The molecule has 0 radical (unpaired) electrons. The molecule has 0 atom stereocenters. The minimum atomic E-state index is 0.616. The molecule has 0 spiro atoms. The molecule has 0 saturated carbocycles. The highest BCUT2D eigenvalue weighted by molar-refractivity contribution is 6.22. The van der Waals surface area contributed by atoms with Crippen molar-refractivity contribution < 1.29 is 8.83 Å². The standard InChI is InChI=1S/C48H30N4O2/c1-3-9-31(10-4-1)36-21-37(32-11-5-2-6-12-32)23-38(22-36)33-15-16-41-42(24-33)48(35-18-20-52-44(26-35)46-28-50-30-54-46)40-14-8-7-13-39(40)47(41)34-17-19-51-43(25-34)45-27-49-29-53-45/h1-30H. The lowest BCUT2D eigenvalue weighted by Gasteiger charge is -2.19. The van der Waals surface area contributed by atoms with Gasteiger partial charge in [-0.2, -0.15) is 0 Å². The summed E-state index contributed by atoms with van der Waals surface area (Å²) in [6, 6.07) is 51.8. The van der Waals surface area contributed by atoms with Crippen LogP contribution in [0.15, 0.2) is 192 Å². The molecule has 10 aromatic rings. The van der Waals surface area contributed by atoms with Gasteiger partial charge in [-0.3, -0.25) is 9.97 Å². The molecule has 0 aliphatic carbocycles. The number of rotatable bonds is 7. The van der Waals surface area contributed by atoms with Gasteiger partial charge in [-0.15, -0.1) is 0 Å². The first-order chi connectivity index (χ1) is 26.8. The summed E-state index contributed by atoms with van der Waals surface area (Å²) in [6.45, 7) is 0. The minimum Gasteiger partial charge on any atom is -0.442 e. The molecule has 0 saturated heterocycles. The van der Waals surface area contributed by atoms with Gasteiger partial charge in [0, 0.05) is 12.4 Å². The minimum absolute atomic E-state index is 0.616. The van der Waals surface area contributed by atoms with E-state index >= 15 is 0 Å². The number of pyridine rings is 2. The molecule has 6 aromatic carbocycles. The Hall–Kier alpha value is -7.44. The second-order valence-electron chi connectivity index (χ2n) is 13.2. The highest BCUT2D eigenvalue weighted by atomic mass is 16.3. The van der Waals surface area contributed by atoms with E-state index in [2.05, 4.69) is 166 Å². The fraction of sp³-hybridized carbons (Fsp3) is 0. The van der Waals surface area contributed by atoms with Gasteiger partial charge in [0.05, 0.1) is 12.4 Å². The van der Waals surface area contributed by atoms with Crippen molar-refractivity contribution in [3.63, 3.8) is 0 Å². The number of nitrogens with zero attached hydrogens (tertiary/aromatic N) is 4. The monoisotopic (exact) mass is 694 g/mol. The smallest absolute Gasteiger partial charge is 0.181 e. The Morgan fingerprint density at radius 1 is 0.333 bits per heavy atom. The van der Waals surface area contributed by atoms with Crippen molar-refractivity contribution in [2.45, 2.75) is 0 Å². The maximum atomic E-state index is 5.68. The molecule has 6 nitrogen and oxygen atoms in total. The van der Waals surface area contributed by atoms with Gasteiger partial charge >= 0.3 is 0 Å². The van der Waals surface area contributed by atoms with Crippen LogP contribution in [0.3, 0.4) is 0 Å². The van der Waals surface area contributed by atoms with Gasteiger partial charge in [0.15, 0.2) is 24.3 Å². The molecule has 254 valence electrons. The summed E-state index contributed by atoms with van der Waals surface area (Å²) in [6.07, 6.45) is 9.94. The fourth-order valence-electron chi connectivity index (χ4n) is 7.49. The highest BCUT2D eigenvalue weighted by Crippen LogP contribution is 2.46. The summed E-state index contributed by atoms with van der Waals surface area (Å²) in [4.78, 5) is 17.6. The van der Waals surface area contributed by atoms with Crippen molar-refractivity contribution in [3.05, 3.63) is 183 Å². The number of benzene rings is 6. The SMILES string of the molecule is c1ccc(-c2cc(-c3ccccc3)cc(-c3ccc4c(-c5ccnc(-c6cnco6)c5)c5ccccc5c(-c5ccnc(-c6cnco6)c5)c4c3)c2)cc1. The molecule has 0 fully saturated rings. The van der Waals surface area contributed by atoms with Gasteiger partial charge in [-0.25, -0.2) is 9.97 Å². The zero-order valence-corrected chi connectivity index (χ0v) is 28.9. The Balaban J connectivity index is 1.27. The van der Waals surface area contributed by atoms with Crippen LogP contribution >= 0.6 is 0 Å². The zero-order chi connectivity index (χ0) is 35.8. The van der Waals surface area contributed by atoms with Crippen LogP contribution in [0.2, 0.25) is 0 Å². The summed E-state index contributed by atoms with van der Waals surface area (Å²) in [7, 11) is 0. The molecular formula is C48H30N4O2. The quantitative estimate of drug-likeness (QED) is 0.155. The van der Waals surface area contributed by atoms with Crippen LogP contribution in [-0.2, 0) is 0 Å². The van der Waals surface area contributed by atoms with Crippen LogP contribution in [0.25, 0.3) is 100 Å². The molecule has 10 rings (SSSR count). The third-order valence-corrected chi connectivity index (χ3v) is 9.97. The molecular weight excluding hydrogens is 665 g/mol. The second-order valence-corrected chi connectivity index (χ2v) is 13.2. The van der Waals surface area contributed by atoms with E-state index in [0.717, 1.165) is 77.4 Å². The highest BCUT2D eigenvalue weighted by Gasteiger charge is 2.20. The van der Waals surface area contributed by atoms with Crippen LogP contribution in [0.5, 0.6) is 0 Å². The Kier molecular flexibility index (Phi) is 7.69. The number of aromatic nitrogens is 4. The van der Waals surface area contributed by atoms with Crippen molar-refractivity contribution in [2.24, 2.45) is 0 Å². The van der Waals surface area contributed by atoms with E-state index in [4.69, 9.17) is 8.83 Å². The molecule has 0 N–H and O–H groups in total. The van der Waals surface area contributed by atoms with E-state index in [1.807, 2.05) is 12.4 Å². The largest absolute Gasteiger partial charge is 0.442 e. The third kappa shape index (κ3) is 5.63. The van der Waals surface area contributed by atoms with E-state index in [9.17, 15) is 0 Å². The number of fused-ring (bicyclic) bond motifs is 2. The van der Waals surface area contributed by atoms with Gasteiger partial charge in [-0.05, 0) is 126 Å². The van der Waals surface area contributed by atoms with Gasteiger partial charge in [0.1, 0.15) is 11.4 Å². The van der Waals surface area contributed by atoms with Crippen molar-refractivity contribution in [1.82, 2.24) is 19.9 Å². The molecule has 54 heavy (non-hydrogen) atoms. The predicted octanol–water partition coefficient (Wildman–Crippen LogP) is 12.4. The maximum Gasteiger partial charge on any atom is 0.181 e. The zero-order valence-electron chi connectivity index (χ0n) is 28.9. The summed E-state index contributed by atoms with van der Waals surface area (Å²) in [5, 5.41) is 4.47. The second kappa shape index (κ2) is 13.3. The number of hydrogen-bond donors (Lipinski definition) is 0. The first-order valence-corrected chi connectivity index (χ1v) is 17.7. The molecule has 0 aliphatic rings. The van der Waals surface area contributed by atoms with Gasteiger partial charge < -0.3 is 8.83 Å². The van der Waals surface area contributed by atoms with Crippen molar-refractivity contribution >= 4 is 21.5 Å². The number of oxazole rings is 2. The van der Waals surface area contributed by atoms with Crippen LogP contribution in [-0.4, -0.2) is 19.9 Å².